The number of nitrogens with one attached hydrogen (secondary N) is 1. The zero-order valence-electron chi connectivity index (χ0n) is 11.9. The van der Waals surface area contributed by atoms with Crippen molar-refractivity contribution in [1.82, 2.24) is 0 Å². The maximum absolute atomic E-state index is 12.2. The van der Waals surface area contributed by atoms with Crippen LogP contribution in [-0.4, -0.2) is 17.8 Å². The van der Waals surface area contributed by atoms with Gasteiger partial charge in [-0.1, -0.05) is 18.2 Å². The number of hydrogen-bond donors (Lipinski definition) is 1. The number of fused-ring (bicyclic) bond motifs is 1. The number of carbonyl (C=O) groups is 1. The summed E-state index contributed by atoms with van der Waals surface area (Å²) in [7, 11) is 1.39. The lowest BCUT2D eigenvalue weighted by molar-refractivity contribution is -0.385. The largest absolute Gasteiger partial charge is 0.490 e. The van der Waals surface area contributed by atoms with Gasteiger partial charge in [-0.2, -0.15) is 0 Å². The minimum atomic E-state index is -0.485. The molecule has 2 aromatic rings. The Morgan fingerprint density at radius 3 is 2.77 bits per heavy atom. The first-order chi connectivity index (χ1) is 10.6. The molecule has 1 unspecified atom stereocenters. The van der Waals surface area contributed by atoms with Gasteiger partial charge in [-0.25, -0.2) is 0 Å². The van der Waals surface area contributed by atoms with Crippen LogP contribution in [0.15, 0.2) is 42.5 Å². The highest BCUT2D eigenvalue weighted by Crippen LogP contribution is 2.36. The Labute approximate surface area is 126 Å². The lowest BCUT2D eigenvalue weighted by atomic mass is 9.92. The number of hydrogen-bond acceptors (Lipinski definition) is 5. The lowest BCUT2D eigenvalue weighted by Crippen LogP contribution is -2.22. The van der Waals surface area contributed by atoms with E-state index in [9.17, 15) is 14.9 Å². The Morgan fingerprint density at radius 2 is 2.05 bits per heavy atom. The third kappa shape index (κ3) is 2.39. The van der Waals surface area contributed by atoms with Crippen molar-refractivity contribution < 1.29 is 14.5 Å². The van der Waals surface area contributed by atoms with Gasteiger partial charge in [0.15, 0.2) is 11.5 Å². The molecule has 0 saturated heterocycles. The summed E-state index contributed by atoms with van der Waals surface area (Å²) in [4.78, 5) is 22.8. The van der Waals surface area contributed by atoms with E-state index < -0.39 is 4.92 Å². The molecule has 0 bridgehead atoms. The number of Topliss-reactive ketones (excluding diaryl/α,β-unsaturated/α-hetero) is 1. The van der Waals surface area contributed by atoms with E-state index in [1.165, 1.54) is 13.2 Å². The van der Waals surface area contributed by atoms with Crippen LogP contribution in [0.4, 0.5) is 11.4 Å². The molecule has 1 atom stereocenters. The van der Waals surface area contributed by atoms with Gasteiger partial charge in [0.1, 0.15) is 0 Å². The third-order valence-corrected chi connectivity index (χ3v) is 3.75. The zero-order chi connectivity index (χ0) is 15.7. The summed E-state index contributed by atoms with van der Waals surface area (Å²) in [5.74, 6) is 0.231. The number of ether oxygens (including phenoxy) is 1. The molecule has 0 radical (unpaired) electrons. The van der Waals surface area contributed by atoms with Gasteiger partial charge in [0, 0.05) is 23.7 Å². The van der Waals surface area contributed by atoms with E-state index in [0.29, 0.717) is 11.1 Å². The Bertz CT molecular complexity index is 758. The molecule has 22 heavy (non-hydrogen) atoms. The quantitative estimate of drug-likeness (QED) is 0.694. The van der Waals surface area contributed by atoms with Crippen LogP contribution in [-0.2, 0) is 0 Å². The van der Waals surface area contributed by atoms with E-state index in [2.05, 4.69) is 5.32 Å². The third-order valence-electron chi connectivity index (χ3n) is 3.75. The van der Waals surface area contributed by atoms with E-state index in [1.807, 2.05) is 18.2 Å². The average molecular weight is 298 g/mol. The Balaban J connectivity index is 1.98. The zero-order valence-corrected chi connectivity index (χ0v) is 11.9. The predicted molar refractivity (Wildman–Crippen MR) is 81.4 cm³/mol. The van der Waals surface area contributed by atoms with E-state index in [-0.39, 0.29) is 29.7 Å². The number of para-hydroxylation sites is 1. The van der Waals surface area contributed by atoms with Crippen LogP contribution in [0.3, 0.4) is 0 Å². The maximum Gasteiger partial charge on any atom is 0.311 e. The number of rotatable bonds is 3. The second-order valence-electron chi connectivity index (χ2n) is 5.06. The van der Waals surface area contributed by atoms with Gasteiger partial charge < -0.3 is 10.1 Å². The topological polar surface area (TPSA) is 81.5 Å². The molecule has 112 valence electrons. The van der Waals surface area contributed by atoms with Gasteiger partial charge in [0.25, 0.3) is 0 Å². The fourth-order valence-electron chi connectivity index (χ4n) is 2.65. The van der Waals surface area contributed by atoms with Crippen molar-refractivity contribution >= 4 is 17.2 Å². The number of nitro benzene ring substituents is 1. The van der Waals surface area contributed by atoms with Crippen LogP contribution in [0.1, 0.15) is 28.4 Å². The van der Waals surface area contributed by atoms with Crippen LogP contribution in [0.5, 0.6) is 5.75 Å². The summed E-state index contributed by atoms with van der Waals surface area (Å²) < 4.78 is 5.00. The van der Waals surface area contributed by atoms with Crippen LogP contribution in [0.25, 0.3) is 0 Å². The number of nitrogens with zero attached hydrogens (tertiary/aromatic N) is 1. The van der Waals surface area contributed by atoms with Crippen molar-refractivity contribution in [3.63, 3.8) is 0 Å². The van der Waals surface area contributed by atoms with E-state index >= 15 is 0 Å². The van der Waals surface area contributed by atoms with E-state index in [1.54, 1.807) is 18.2 Å². The fraction of sp³-hybridized carbons (Fsp3) is 0.188. The molecule has 1 N–H and O–H groups in total. The van der Waals surface area contributed by atoms with Crippen molar-refractivity contribution in [2.24, 2.45) is 0 Å². The minimum Gasteiger partial charge on any atom is -0.490 e. The van der Waals surface area contributed by atoms with Crippen molar-refractivity contribution in [3.8, 4) is 5.75 Å². The highest BCUT2D eigenvalue weighted by Gasteiger charge is 2.27. The second-order valence-corrected chi connectivity index (χ2v) is 5.06. The molecule has 0 aromatic heterocycles. The maximum atomic E-state index is 12.2. The monoisotopic (exact) mass is 298 g/mol. The summed E-state index contributed by atoms with van der Waals surface area (Å²) in [6.45, 7) is 0. The molecule has 0 fully saturated rings. The number of anilines is 1. The van der Waals surface area contributed by atoms with Crippen molar-refractivity contribution in [3.05, 3.63) is 63.7 Å². The molecule has 0 spiro atoms. The molecule has 0 saturated carbocycles. The fourth-order valence-corrected chi connectivity index (χ4v) is 2.65. The normalized spacial score (nSPS) is 16.6. The van der Waals surface area contributed by atoms with E-state index in [4.69, 9.17) is 4.74 Å². The van der Waals surface area contributed by atoms with Crippen molar-refractivity contribution in [2.45, 2.75) is 12.5 Å². The molecule has 2 aromatic carbocycles. The van der Waals surface area contributed by atoms with Gasteiger partial charge in [-0.05, 0) is 23.8 Å². The molecule has 3 rings (SSSR count). The van der Waals surface area contributed by atoms with Gasteiger partial charge in [0.05, 0.1) is 18.1 Å². The van der Waals surface area contributed by atoms with E-state index in [0.717, 1.165) is 5.69 Å². The summed E-state index contributed by atoms with van der Waals surface area (Å²) in [6, 6.07) is 11.7. The number of ketones is 1. The van der Waals surface area contributed by atoms with Gasteiger partial charge in [0.2, 0.25) is 0 Å². The Hall–Kier alpha value is -2.89. The highest BCUT2D eigenvalue weighted by atomic mass is 16.6. The first-order valence-electron chi connectivity index (χ1n) is 6.81. The Kier molecular flexibility index (Phi) is 3.50. The second kappa shape index (κ2) is 5.48. The van der Waals surface area contributed by atoms with Gasteiger partial charge in [-0.3, -0.25) is 14.9 Å². The number of benzene rings is 2. The number of nitro groups is 1. The van der Waals surface area contributed by atoms with Gasteiger partial charge >= 0.3 is 5.69 Å². The molecular formula is C16H14N2O4. The van der Waals surface area contributed by atoms with Crippen molar-refractivity contribution in [1.29, 1.82) is 0 Å². The van der Waals surface area contributed by atoms with Crippen LogP contribution in [0.2, 0.25) is 0 Å². The van der Waals surface area contributed by atoms with Gasteiger partial charge in [-0.15, -0.1) is 0 Å². The van der Waals surface area contributed by atoms with Crippen molar-refractivity contribution in [2.75, 3.05) is 12.4 Å². The minimum absolute atomic E-state index is 0.0258. The number of methoxy groups -OCH3 is 1. The molecule has 0 amide bonds. The summed E-state index contributed by atoms with van der Waals surface area (Å²) in [5, 5.41) is 14.4. The molecule has 1 aliphatic heterocycles. The average Bonchev–Trinajstić information content (AvgIpc) is 2.54. The molecule has 6 nitrogen and oxygen atoms in total. The Morgan fingerprint density at radius 1 is 1.27 bits per heavy atom. The van der Waals surface area contributed by atoms with Crippen LogP contribution < -0.4 is 10.1 Å². The predicted octanol–water partition coefficient (Wildman–Crippen LogP) is 3.34. The standard InChI is InChI=1S/C16H14N2O4/c1-22-16-7-6-10(8-14(16)18(20)21)13-9-15(19)11-4-2-3-5-12(11)17-13/h2-8,13,17H,9H2,1H3. The number of carbonyl (C=O) groups excluding carboxylic acids is 1. The lowest BCUT2D eigenvalue weighted by Gasteiger charge is -2.26. The smallest absolute Gasteiger partial charge is 0.311 e. The molecule has 6 heteroatoms. The molecule has 1 heterocycles. The molecule has 0 aliphatic carbocycles. The van der Waals surface area contributed by atoms with Crippen LogP contribution >= 0.6 is 0 Å². The molecule has 1 aliphatic rings. The van der Waals surface area contributed by atoms with Crippen LogP contribution in [0, 0.1) is 10.1 Å². The SMILES string of the molecule is COc1ccc(C2CC(=O)c3ccccc3N2)cc1[N+](=O)[O-]. The summed E-state index contributed by atoms with van der Waals surface area (Å²) >= 11 is 0. The summed E-state index contributed by atoms with van der Waals surface area (Å²) in [5.41, 5.74) is 1.99. The first-order valence-corrected chi connectivity index (χ1v) is 6.81. The highest BCUT2D eigenvalue weighted by molar-refractivity contribution is 6.03. The summed E-state index contributed by atoms with van der Waals surface area (Å²) in [6.07, 6.45) is 0.264. The molecular weight excluding hydrogens is 284 g/mol. The first kappa shape index (κ1) is 14.1.